The zero-order valence-corrected chi connectivity index (χ0v) is 14.2. The predicted octanol–water partition coefficient (Wildman–Crippen LogP) is 1.88. The molecule has 1 aromatic carbocycles. The van der Waals surface area contributed by atoms with Crippen molar-refractivity contribution in [2.45, 2.75) is 31.6 Å². The molecule has 7 nitrogen and oxygen atoms in total. The van der Waals surface area contributed by atoms with Crippen LogP contribution in [0.5, 0.6) is 0 Å². The van der Waals surface area contributed by atoms with E-state index in [-0.39, 0.29) is 17.7 Å². The minimum atomic E-state index is -0.0554. The van der Waals surface area contributed by atoms with Gasteiger partial charge in [-0.15, -0.1) is 0 Å². The first-order valence-electron chi connectivity index (χ1n) is 8.70. The Kier molecular flexibility index (Phi) is 3.99. The number of nitrogens with one attached hydrogen (secondary N) is 1. The highest BCUT2D eigenvalue weighted by Crippen LogP contribution is 2.27. The van der Waals surface area contributed by atoms with Crippen LogP contribution in [0.1, 0.15) is 37.4 Å². The van der Waals surface area contributed by atoms with Gasteiger partial charge in [0.2, 0.25) is 5.91 Å². The number of aromatic nitrogens is 2. The number of hydrogen-bond donors (Lipinski definition) is 1. The van der Waals surface area contributed by atoms with Crippen molar-refractivity contribution in [1.82, 2.24) is 19.9 Å². The van der Waals surface area contributed by atoms with Crippen molar-refractivity contribution in [3.05, 3.63) is 30.1 Å². The molecule has 0 spiro atoms. The number of H-pyrrole nitrogens is 1. The molecule has 2 amide bonds. The van der Waals surface area contributed by atoms with Crippen molar-refractivity contribution in [3.63, 3.8) is 0 Å². The van der Waals surface area contributed by atoms with Crippen LogP contribution in [0, 0.1) is 0 Å². The largest absolute Gasteiger partial charge is 0.342 e. The van der Waals surface area contributed by atoms with Gasteiger partial charge in [-0.3, -0.25) is 9.59 Å². The quantitative estimate of drug-likeness (QED) is 0.907. The Hall–Kier alpha value is -2.70. The Balaban J connectivity index is 1.51. The highest BCUT2D eigenvalue weighted by molar-refractivity contribution is 6.39. The van der Waals surface area contributed by atoms with E-state index < -0.39 is 0 Å². The summed E-state index contributed by atoms with van der Waals surface area (Å²) in [4.78, 5) is 34.2. The second-order valence-electron chi connectivity index (χ2n) is 6.69. The number of benzene rings is 1. The number of imidazole rings is 1. The number of likely N-dealkylation sites (tertiary alicyclic amines) is 1. The highest BCUT2D eigenvalue weighted by atomic mass is 16.2. The van der Waals surface area contributed by atoms with Crippen LogP contribution >= 0.6 is 0 Å². The van der Waals surface area contributed by atoms with Gasteiger partial charge in [0.15, 0.2) is 0 Å². The van der Waals surface area contributed by atoms with E-state index in [2.05, 4.69) is 15.1 Å². The van der Waals surface area contributed by atoms with E-state index in [4.69, 9.17) is 0 Å². The summed E-state index contributed by atoms with van der Waals surface area (Å²) >= 11 is 0. The minimum Gasteiger partial charge on any atom is -0.342 e. The molecule has 130 valence electrons. The molecule has 4 rings (SSSR count). The Bertz CT molecular complexity index is 823. The lowest BCUT2D eigenvalue weighted by molar-refractivity contribution is -0.130. The van der Waals surface area contributed by atoms with Crippen LogP contribution in [0.15, 0.2) is 29.4 Å². The average Bonchev–Trinajstić information content (AvgIpc) is 3.08. The lowest BCUT2D eigenvalue weighted by Crippen LogP contribution is -2.45. The predicted molar refractivity (Wildman–Crippen MR) is 94.1 cm³/mol. The normalized spacial score (nSPS) is 21.6. The van der Waals surface area contributed by atoms with Crippen molar-refractivity contribution in [3.8, 4) is 0 Å². The molecule has 0 radical (unpaired) electrons. The molecule has 2 aliphatic heterocycles. The first-order valence-corrected chi connectivity index (χ1v) is 8.70. The van der Waals surface area contributed by atoms with Gasteiger partial charge in [0, 0.05) is 38.9 Å². The van der Waals surface area contributed by atoms with Crippen LogP contribution in [0.3, 0.4) is 0 Å². The first-order chi connectivity index (χ1) is 12.1. The van der Waals surface area contributed by atoms with E-state index in [0.29, 0.717) is 25.1 Å². The maximum Gasteiger partial charge on any atom is 0.270 e. The molecule has 0 saturated carbocycles. The number of carbonyl (C=O) groups excluding carboxylic acids is 2. The summed E-state index contributed by atoms with van der Waals surface area (Å²) in [6.45, 7) is 1.36. The summed E-state index contributed by atoms with van der Waals surface area (Å²) in [5.41, 5.74) is 2.46. The minimum absolute atomic E-state index is 0.0460. The Labute approximate surface area is 145 Å². The van der Waals surface area contributed by atoms with Gasteiger partial charge in [-0.25, -0.2) is 9.99 Å². The number of amides is 2. The van der Waals surface area contributed by atoms with Gasteiger partial charge in [-0.2, -0.15) is 5.10 Å². The molecule has 1 N–H and O–H groups in total. The molecule has 7 heteroatoms. The standard InChI is InChI=1S/C18H21N5O2/c1-22-16(24)9-8-15(21-22)18(25)23-10-4-5-12(11-23)17-19-13-6-2-3-7-14(13)20-17/h2-3,6-7,12H,4-5,8-11H2,1H3,(H,19,20)/t12-/m0/s1. The van der Waals surface area contributed by atoms with Crippen molar-refractivity contribution in [2.75, 3.05) is 20.1 Å². The Morgan fingerprint density at radius 2 is 2.12 bits per heavy atom. The number of nitrogens with zero attached hydrogens (tertiary/aromatic N) is 4. The summed E-state index contributed by atoms with van der Waals surface area (Å²) in [5, 5.41) is 5.43. The van der Waals surface area contributed by atoms with E-state index >= 15 is 0 Å². The van der Waals surface area contributed by atoms with Crippen LogP contribution in [0.2, 0.25) is 0 Å². The van der Waals surface area contributed by atoms with Crippen LogP contribution in [-0.2, 0) is 9.59 Å². The van der Waals surface area contributed by atoms with Crippen LogP contribution < -0.4 is 0 Å². The van der Waals surface area contributed by atoms with Crippen LogP contribution in [0.25, 0.3) is 11.0 Å². The number of hydrogen-bond acceptors (Lipinski definition) is 4. The fourth-order valence-corrected chi connectivity index (χ4v) is 3.56. The zero-order chi connectivity index (χ0) is 17.4. The number of aromatic amines is 1. The lowest BCUT2D eigenvalue weighted by atomic mass is 9.96. The number of rotatable bonds is 2. The van der Waals surface area contributed by atoms with E-state index in [0.717, 1.165) is 36.2 Å². The summed E-state index contributed by atoms with van der Waals surface area (Å²) in [5.74, 6) is 1.04. The SMILES string of the molecule is CN1N=C(C(=O)N2CCC[C@H](c3nc4ccccc4[nH]3)C2)CCC1=O. The lowest BCUT2D eigenvalue weighted by Gasteiger charge is -2.33. The Morgan fingerprint density at radius 1 is 1.28 bits per heavy atom. The van der Waals surface area contributed by atoms with E-state index in [1.54, 1.807) is 7.05 Å². The molecule has 2 aromatic rings. The monoisotopic (exact) mass is 339 g/mol. The molecule has 0 unspecified atom stereocenters. The maximum absolute atomic E-state index is 12.8. The summed E-state index contributed by atoms with van der Waals surface area (Å²) in [7, 11) is 1.60. The molecule has 3 heterocycles. The molecule has 0 aliphatic carbocycles. The fraction of sp³-hybridized carbons (Fsp3) is 0.444. The summed E-state index contributed by atoms with van der Waals surface area (Å²) < 4.78 is 0. The van der Waals surface area contributed by atoms with E-state index in [9.17, 15) is 9.59 Å². The van der Waals surface area contributed by atoms with Crippen molar-refractivity contribution >= 4 is 28.6 Å². The number of carbonyl (C=O) groups is 2. The maximum atomic E-state index is 12.8. The van der Waals surface area contributed by atoms with Gasteiger partial charge in [-0.05, 0) is 25.0 Å². The van der Waals surface area contributed by atoms with Gasteiger partial charge in [0.05, 0.1) is 11.0 Å². The van der Waals surface area contributed by atoms with E-state index in [1.807, 2.05) is 29.2 Å². The second kappa shape index (κ2) is 6.31. The molecule has 1 atom stereocenters. The zero-order valence-electron chi connectivity index (χ0n) is 14.2. The summed E-state index contributed by atoms with van der Waals surface area (Å²) in [6.07, 6.45) is 2.72. The molecule has 0 bridgehead atoms. The van der Waals surface area contributed by atoms with Crippen molar-refractivity contribution in [1.29, 1.82) is 0 Å². The van der Waals surface area contributed by atoms with Crippen LogP contribution in [0.4, 0.5) is 0 Å². The number of fused-ring (bicyclic) bond motifs is 1. The highest BCUT2D eigenvalue weighted by Gasteiger charge is 2.31. The molecular formula is C18H21N5O2. The van der Waals surface area contributed by atoms with Gasteiger partial charge in [0.1, 0.15) is 11.5 Å². The topological polar surface area (TPSA) is 81.7 Å². The van der Waals surface area contributed by atoms with E-state index in [1.165, 1.54) is 5.01 Å². The first kappa shape index (κ1) is 15.8. The summed E-state index contributed by atoms with van der Waals surface area (Å²) in [6, 6.07) is 7.97. The molecular weight excluding hydrogens is 318 g/mol. The number of para-hydroxylation sites is 2. The third-order valence-corrected chi connectivity index (χ3v) is 4.96. The van der Waals surface area contributed by atoms with Crippen LogP contribution in [-0.4, -0.2) is 57.5 Å². The smallest absolute Gasteiger partial charge is 0.270 e. The molecule has 1 saturated heterocycles. The average molecular weight is 339 g/mol. The van der Waals surface area contributed by atoms with Crippen molar-refractivity contribution < 1.29 is 9.59 Å². The molecule has 25 heavy (non-hydrogen) atoms. The van der Waals surface area contributed by atoms with Gasteiger partial charge in [-0.1, -0.05) is 12.1 Å². The van der Waals surface area contributed by atoms with Gasteiger partial charge in [0.25, 0.3) is 5.91 Å². The Morgan fingerprint density at radius 3 is 2.92 bits per heavy atom. The molecule has 1 aromatic heterocycles. The third kappa shape index (κ3) is 3.01. The number of piperidine rings is 1. The fourth-order valence-electron chi connectivity index (χ4n) is 3.56. The van der Waals surface area contributed by atoms with Gasteiger partial charge >= 0.3 is 0 Å². The second-order valence-corrected chi connectivity index (χ2v) is 6.69. The molecule has 1 fully saturated rings. The van der Waals surface area contributed by atoms with Crippen molar-refractivity contribution in [2.24, 2.45) is 5.10 Å². The molecule has 2 aliphatic rings. The third-order valence-electron chi connectivity index (χ3n) is 4.96. The van der Waals surface area contributed by atoms with Gasteiger partial charge < -0.3 is 9.88 Å². The number of hydrazone groups is 1.